The van der Waals surface area contributed by atoms with E-state index < -0.39 is 17.9 Å². The van der Waals surface area contributed by atoms with Crippen molar-refractivity contribution in [3.8, 4) is 124 Å². The Morgan fingerprint density at radius 1 is 0.186 bits per heavy atom. The van der Waals surface area contributed by atoms with Crippen molar-refractivity contribution in [2.45, 2.75) is 10.8 Å². The SMILES string of the molecule is Brc1c(-c2nc(-c3ccccc3)nc(-c3ccccc3)n2)c2ccccc2c2ccccc12.OB(O)c1cccc2c1-c1ccccc1C21c2ccccc2-c2ccccc21.c1ccc(-c2nc(-c3ccccc3)nc(-c3c(-c4cccc5c4-c4ccccc4C54c5ccccc5-c5ccccc54)c4ccccc4c4ccccc34)n2)cc1. The van der Waals surface area contributed by atoms with Crippen LogP contribution in [0.25, 0.3) is 167 Å². The molecular weight excluding hydrogens is 1500 g/mol. The predicted molar refractivity (Wildman–Crippen MR) is 484 cm³/mol. The second kappa shape index (κ2) is 28.5. The molecule has 2 spiro atoms. The molecule has 2 N–H and O–H groups in total. The molecule has 10 heteroatoms. The molecule has 0 saturated carbocycles. The Morgan fingerprint density at radius 3 is 0.814 bits per heavy atom. The Morgan fingerprint density at radius 2 is 0.432 bits per heavy atom. The fourth-order valence-corrected chi connectivity index (χ4v) is 20.3. The number of halogens is 1. The number of hydrogen-bond donors (Lipinski definition) is 2. The van der Waals surface area contributed by atoms with Gasteiger partial charge >= 0.3 is 7.12 Å². The van der Waals surface area contributed by atoms with Crippen molar-refractivity contribution in [3.63, 3.8) is 0 Å². The molecule has 2 aromatic heterocycles. The monoisotopic (exact) mass is 1570 g/mol. The largest absolute Gasteiger partial charge is 0.489 e. The molecular formula is C108H68BBrN6O2. The van der Waals surface area contributed by atoms with Crippen LogP contribution in [0.4, 0.5) is 0 Å². The van der Waals surface area contributed by atoms with E-state index in [9.17, 15) is 10.0 Å². The second-order valence-electron chi connectivity index (χ2n) is 30.3. The summed E-state index contributed by atoms with van der Waals surface area (Å²) in [6.45, 7) is 0. The summed E-state index contributed by atoms with van der Waals surface area (Å²) in [5, 5.41) is 29.4. The van der Waals surface area contributed by atoms with Gasteiger partial charge in [0.1, 0.15) is 0 Å². The van der Waals surface area contributed by atoms with E-state index in [1.54, 1.807) is 0 Å². The molecule has 4 aliphatic carbocycles. The standard InChI is InChI=1S/C54H33N3.C29H18BrN3.C25H17BO2/c1-3-18-34(19-4-1)51-55-52(35-20-5-2-6-21-35)57-53(56-51)50-41-27-10-8-23-37(41)36-22-7-9-26-40(36)49(50)43-29-17-33-47-48(43)42-28-13-16-32-46(42)54(47)44-30-14-11-24-38(44)39-25-12-15-31-45(39)54;30-26-24-18-10-8-16-22(24)21-15-7-9-17-23(21)25(26)29-32-27(19-11-3-1-4-12-19)31-28(33-29)20-13-5-2-6-14-20;27-26(28)23-15-7-14-22-24(23)18-10-3-6-13-21(18)25(22)19-11-4-1-8-16(19)17-9-2-5-12-20(17)25/h1-33H;1-18H;1-15,27-28H. The van der Waals surface area contributed by atoms with Crippen molar-refractivity contribution in [2.24, 2.45) is 0 Å². The van der Waals surface area contributed by atoms with Crippen LogP contribution in [0.5, 0.6) is 0 Å². The zero-order valence-corrected chi connectivity index (χ0v) is 65.2. The third kappa shape index (κ3) is 10.8. The first-order chi connectivity index (χ1) is 58.3. The van der Waals surface area contributed by atoms with Gasteiger partial charge in [-0.3, -0.25) is 0 Å². The Balaban J connectivity index is 0.000000117. The number of nitrogens with zero attached hydrogens (tertiary/aromatic N) is 6. The number of aromatic nitrogens is 6. The minimum atomic E-state index is -1.51. The van der Waals surface area contributed by atoms with Gasteiger partial charge in [0, 0.05) is 43.4 Å². The summed E-state index contributed by atoms with van der Waals surface area (Å²) in [7, 11) is -1.51. The molecule has 552 valence electrons. The van der Waals surface area contributed by atoms with E-state index in [0.29, 0.717) is 40.4 Å². The molecule has 8 nitrogen and oxygen atoms in total. The summed E-state index contributed by atoms with van der Waals surface area (Å²) < 4.78 is 0.987. The first-order valence-corrected chi connectivity index (χ1v) is 40.6. The van der Waals surface area contributed by atoms with Gasteiger partial charge in [0.2, 0.25) is 0 Å². The molecule has 4 aliphatic rings. The molecule has 0 saturated heterocycles. The first kappa shape index (κ1) is 70.1. The lowest BCUT2D eigenvalue weighted by Crippen LogP contribution is -2.33. The van der Waals surface area contributed by atoms with E-state index in [0.717, 1.165) is 87.0 Å². The smallest absolute Gasteiger partial charge is 0.423 e. The molecule has 20 aromatic rings. The van der Waals surface area contributed by atoms with Crippen molar-refractivity contribution in [1.82, 2.24) is 29.9 Å². The Labute approximate surface area is 690 Å². The highest BCUT2D eigenvalue weighted by Crippen LogP contribution is 2.66. The Kier molecular flexibility index (Phi) is 16.9. The van der Waals surface area contributed by atoms with Crippen molar-refractivity contribution in [3.05, 3.63) is 449 Å². The first-order valence-electron chi connectivity index (χ1n) is 39.8. The van der Waals surface area contributed by atoms with E-state index in [1.807, 2.05) is 115 Å². The molecule has 0 amide bonds. The molecule has 0 fully saturated rings. The van der Waals surface area contributed by atoms with E-state index >= 15 is 0 Å². The number of fused-ring (bicyclic) bond motifs is 26. The summed E-state index contributed by atoms with van der Waals surface area (Å²) in [5.74, 6) is 3.90. The average molecular weight is 1570 g/mol. The van der Waals surface area contributed by atoms with Crippen molar-refractivity contribution < 1.29 is 10.0 Å². The van der Waals surface area contributed by atoms with Crippen molar-refractivity contribution in [2.75, 3.05) is 0 Å². The molecule has 18 aromatic carbocycles. The maximum Gasteiger partial charge on any atom is 0.489 e. The van der Waals surface area contributed by atoms with Gasteiger partial charge < -0.3 is 10.0 Å². The molecule has 0 atom stereocenters. The van der Waals surface area contributed by atoms with Crippen LogP contribution in [0.15, 0.2) is 405 Å². The van der Waals surface area contributed by atoms with E-state index in [2.05, 4.69) is 301 Å². The van der Waals surface area contributed by atoms with Crippen LogP contribution < -0.4 is 5.46 Å². The normalized spacial score (nSPS) is 12.8. The van der Waals surface area contributed by atoms with Gasteiger partial charge in [0.15, 0.2) is 34.9 Å². The predicted octanol–water partition coefficient (Wildman–Crippen LogP) is 24.8. The van der Waals surface area contributed by atoms with Crippen LogP contribution in [0.3, 0.4) is 0 Å². The number of benzene rings is 18. The zero-order chi connectivity index (χ0) is 78.6. The maximum atomic E-state index is 10.1. The lowest BCUT2D eigenvalue weighted by molar-refractivity contribution is 0.426. The second-order valence-corrected chi connectivity index (χ2v) is 31.1. The minimum absolute atomic E-state index is 0.427. The van der Waals surface area contributed by atoms with Crippen molar-refractivity contribution >= 4 is 71.6 Å². The van der Waals surface area contributed by atoms with Crippen molar-refractivity contribution in [1.29, 1.82) is 0 Å². The van der Waals surface area contributed by atoms with Gasteiger partial charge in [-0.15, -0.1) is 0 Å². The molecule has 0 radical (unpaired) electrons. The lowest BCUT2D eigenvalue weighted by atomic mass is 9.69. The quantitative estimate of drug-likeness (QED) is 0.114. The number of hydrogen-bond acceptors (Lipinski definition) is 8. The third-order valence-electron chi connectivity index (χ3n) is 24.3. The highest BCUT2D eigenvalue weighted by Gasteiger charge is 2.54. The number of rotatable bonds is 8. The summed E-state index contributed by atoms with van der Waals surface area (Å²) in [4.78, 5) is 30.6. The summed E-state index contributed by atoms with van der Waals surface area (Å²) in [5.41, 5.74) is 27.5. The summed E-state index contributed by atoms with van der Waals surface area (Å²) in [6.07, 6.45) is 0. The van der Waals surface area contributed by atoms with Crippen LogP contribution in [0, 0.1) is 0 Å². The van der Waals surface area contributed by atoms with E-state index in [-0.39, 0.29) is 0 Å². The van der Waals surface area contributed by atoms with Gasteiger partial charge in [-0.1, -0.05) is 400 Å². The van der Waals surface area contributed by atoms with Crippen LogP contribution in [-0.4, -0.2) is 47.1 Å². The highest BCUT2D eigenvalue weighted by atomic mass is 79.9. The van der Waals surface area contributed by atoms with Crippen LogP contribution in [0.1, 0.15) is 44.5 Å². The topological polar surface area (TPSA) is 118 Å². The maximum absolute atomic E-state index is 10.1. The summed E-state index contributed by atoms with van der Waals surface area (Å²) >= 11 is 3.90. The van der Waals surface area contributed by atoms with Crippen LogP contribution in [0.2, 0.25) is 0 Å². The Hall–Kier alpha value is -14.5. The van der Waals surface area contributed by atoms with Gasteiger partial charge in [0.05, 0.1) is 10.8 Å². The minimum Gasteiger partial charge on any atom is -0.423 e. The highest BCUT2D eigenvalue weighted by molar-refractivity contribution is 9.10. The van der Waals surface area contributed by atoms with E-state index in [1.165, 1.54) is 94.0 Å². The fourth-order valence-electron chi connectivity index (χ4n) is 19.5. The fraction of sp³-hybridized carbons (Fsp3) is 0.0185. The van der Waals surface area contributed by atoms with E-state index in [4.69, 9.17) is 29.9 Å². The van der Waals surface area contributed by atoms with Gasteiger partial charge in [-0.25, -0.2) is 29.9 Å². The molecule has 118 heavy (non-hydrogen) atoms. The molecule has 24 rings (SSSR count). The molecule has 2 heterocycles. The van der Waals surface area contributed by atoms with Crippen LogP contribution in [-0.2, 0) is 10.8 Å². The van der Waals surface area contributed by atoms with Gasteiger partial charge in [-0.2, -0.15) is 0 Å². The van der Waals surface area contributed by atoms with Crippen LogP contribution >= 0.6 is 15.9 Å². The summed E-state index contributed by atoms with van der Waals surface area (Å²) in [6, 6.07) is 140. The van der Waals surface area contributed by atoms with Gasteiger partial charge in [-0.05, 0) is 159 Å². The molecule has 0 bridgehead atoms. The lowest BCUT2D eigenvalue weighted by Gasteiger charge is -2.30. The zero-order valence-electron chi connectivity index (χ0n) is 63.6. The average Bonchev–Trinajstić information content (AvgIpc) is 1.51. The Bertz CT molecular complexity index is 7240. The molecule has 0 unspecified atom stereocenters. The third-order valence-corrected chi connectivity index (χ3v) is 25.1. The molecule has 0 aliphatic heterocycles. The van der Waals surface area contributed by atoms with Gasteiger partial charge in [0.25, 0.3) is 0 Å².